The molecular formula is C37H23NO2. The first-order valence-corrected chi connectivity index (χ1v) is 13.4. The molecule has 0 spiro atoms. The number of furan rings is 1. The number of aromatic nitrogens is 1. The first kappa shape index (κ1) is 22.6. The average molecular weight is 514 g/mol. The fourth-order valence-corrected chi connectivity index (χ4v) is 5.59. The van der Waals surface area contributed by atoms with Crippen molar-refractivity contribution in [2.75, 3.05) is 0 Å². The molecule has 0 saturated carbocycles. The third-order valence-electron chi connectivity index (χ3n) is 7.53. The lowest BCUT2D eigenvalue weighted by Gasteiger charge is -2.09. The lowest BCUT2D eigenvalue weighted by Crippen LogP contribution is -1.84. The van der Waals surface area contributed by atoms with Gasteiger partial charge in [0, 0.05) is 21.9 Å². The van der Waals surface area contributed by atoms with E-state index in [1.54, 1.807) is 0 Å². The van der Waals surface area contributed by atoms with Crippen LogP contribution < -0.4 is 0 Å². The number of hydrogen-bond acceptors (Lipinski definition) is 3. The van der Waals surface area contributed by atoms with Crippen molar-refractivity contribution >= 4 is 33.0 Å². The summed E-state index contributed by atoms with van der Waals surface area (Å²) in [5.74, 6) is 0.625. The second-order valence-electron chi connectivity index (χ2n) is 9.98. The maximum Gasteiger partial charge on any atom is 0.227 e. The number of rotatable bonds is 4. The molecule has 0 N–H and O–H groups in total. The molecule has 0 unspecified atom stereocenters. The van der Waals surface area contributed by atoms with E-state index in [0.29, 0.717) is 5.89 Å². The van der Waals surface area contributed by atoms with Gasteiger partial charge < -0.3 is 8.83 Å². The molecule has 0 bridgehead atoms. The van der Waals surface area contributed by atoms with Gasteiger partial charge in [-0.2, -0.15) is 0 Å². The first-order valence-electron chi connectivity index (χ1n) is 13.4. The van der Waals surface area contributed by atoms with E-state index in [9.17, 15) is 0 Å². The van der Waals surface area contributed by atoms with Crippen LogP contribution in [0.25, 0.3) is 77.9 Å². The Labute approximate surface area is 231 Å². The van der Waals surface area contributed by atoms with Gasteiger partial charge in [0.05, 0.1) is 0 Å². The van der Waals surface area contributed by atoms with E-state index >= 15 is 0 Å². The minimum Gasteiger partial charge on any atom is -0.455 e. The lowest BCUT2D eigenvalue weighted by molar-refractivity contribution is 0.620. The Morgan fingerprint density at radius 1 is 0.425 bits per heavy atom. The molecule has 0 aliphatic carbocycles. The molecule has 188 valence electrons. The highest BCUT2D eigenvalue weighted by Gasteiger charge is 2.18. The normalized spacial score (nSPS) is 11.5. The summed E-state index contributed by atoms with van der Waals surface area (Å²) in [6.45, 7) is 0. The largest absolute Gasteiger partial charge is 0.455 e. The maximum absolute atomic E-state index is 6.59. The van der Waals surface area contributed by atoms with Gasteiger partial charge in [-0.3, -0.25) is 0 Å². The van der Waals surface area contributed by atoms with Crippen LogP contribution in [0.5, 0.6) is 0 Å². The number of nitrogens with zero attached hydrogens (tertiary/aromatic N) is 1. The standard InChI is InChI=1S/C37H23NO2/c1-3-10-24(11-4-1)28-22-30(25-12-5-2-6-13-25)36-31(23-28)35-29(14-9-17-34(35)39-36)26-18-20-27(21-19-26)37-38-32-15-7-8-16-33(32)40-37/h1-23H. The molecular weight excluding hydrogens is 490 g/mol. The minimum absolute atomic E-state index is 0.625. The smallest absolute Gasteiger partial charge is 0.227 e. The van der Waals surface area contributed by atoms with E-state index in [-0.39, 0.29) is 0 Å². The summed E-state index contributed by atoms with van der Waals surface area (Å²) in [5, 5.41) is 2.22. The fourth-order valence-electron chi connectivity index (χ4n) is 5.59. The highest BCUT2D eigenvalue weighted by atomic mass is 16.3. The second-order valence-corrected chi connectivity index (χ2v) is 9.98. The molecule has 0 amide bonds. The summed E-state index contributed by atoms with van der Waals surface area (Å²) in [5.41, 5.74) is 11.2. The van der Waals surface area contributed by atoms with Crippen LogP contribution in [-0.2, 0) is 0 Å². The van der Waals surface area contributed by atoms with Crippen molar-refractivity contribution < 1.29 is 8.83 Å². The van der Waals surface area contributed by atoms with Crippen LogP contribution in [0.1, 0.15) is 0 Å². The maximum atomic E-state index is 6.59. The van der Waals surface area contributed by atoms with Gasteiger partial charge in [0.15, 0.2) is 5.58 Å². The van der Waals surface area contributed by atoms with E-state index in [1.807, 2.05) is 30.3 Å². The Kier molecular flexibility index (Phi) is 5.14. The molecule has 8 aromatic rings. The number of fused-ring (bicyclic) bond motifs is 4. The van der Waals surface area contributed by atoms with Gasteiger partial charge in [0.25, 0.3) is 0 Å². The minimum atomic E-state index is 0.625. The second kappa shape index (κ2) is 9.11. The van der Waals surface area contributed by atoms with Crippen molar-refractivity contribution in [1.29, 1.82) is 0 Å². The van der Waals surface area contributed by atoms with Crippen molar-refractivity contribution in [2.45, 2.75) is 0 Å². The monoisotopic (exact) mass is 513 g/mol. The predicted octanol–water partition coefficient (Wildman–Crippen LogP) is 10.4. The molecule has 0 fully saturated rings. The van der Waals surface area contributed by atoms with Crippen LogP contribution in [0.3, 0.4) is 0 Å². The third kappa shape index (κ3) is 3.71. The van der Waals surface area contributed by atoms with Crippen molar-refractivity contribution in [3.8, 4) is 44.8 Å². The van der Waals surface area contributed by atoms with Gasteiger partial charge in [-0.15, -0.1) is 0 Å². The molecule has 8 rings (SSSR count). The zero-order chi connectivity index (χ0) is 26.5. The summed E-state index contributed by atoms with van der Waals surface area (Å²) >= 11 is 0. The van der Waals surface area contributed by atoms with Crippen molar-refractivity contribution in [3.05, 3.63) is 140 Å². The SMILES string of the molecule is c1ccc(-c2cc(-c3ccccc3)c3oc4cccc(-c5ccc(-c6nc7ccccc7o6)cc5)c4c3c2)cc1. The van der Waals surface area contributed by atoms with Crippen LogP contribution in [0.2, 0.25) is 0 Å². The van der Waals surface area contributed by atoms with Crippen LogP contribution in [-0.4, -0.2) is 4.98 Å². The van der Waals surface area contributed by atoms with E-state index < -0.39 is 0 Å². The van der Waals surface area contributed by atoms with E-state index in [0.717, 1.165) is 66.4 Å². The van der Waals surface area contributed by atoms with Gasteiger partial charge in [-0.25, -0.2) is 4.98 Å². The zero-order valence-electron chi connectivity index (χ0n) is 21.5. The highest BCUT2D eigenvalue weighted by Crippen LogP contribution is 2.43. The Balaban J connectivity index is 1.32. The molecule has 0 atom stereocenters. The molecule has 2 heterocycles. The van der Waals surface area contributed by atoms with E-state index in [2.05, 4.69) is 114 Å². The summed E-state index contributed by atoms with van der Waals surface area (Å²) in [7, 11) is 0. The average Bonchev–Trinajstić information content (AvgIpc) is 3.63. The summed E-state index contributed by atoms with van der Waals surface area (Å²) in [4.78, 5) is 4.66. The fraction of sp³-hybridized carbons (Fsp3) is 0. The Bertz CT molecular complexity index is 2100. The van der Waals surface area contributed by atoms with Crippen molar-refractivity contribution in [1.82, 2.24) is 4.98 Å². The molecule has 6 aromatic carbocycles. The Morgan fingerprint density at radius 2 is 1.07 bits per heavy atom. The van der Waals surface area contributed by atoms with Gasteiger partial charge in [0.1, 0.15) is 16.7 Å². The lowest BCUT2D eigenvalue weighted by atomic mass is 9.93. The topological polar surface area (TPSA) is 39.2 Å². The van der Waals surface area contributed by atoms with Crippen LogP contribution >= 0.6 is 0 Å². The van der Waals surface area contributed by atoms with Crippen LogP contribution in [0.4, 0.5) is 0 Å². The number of oxazole rings is 1. The summed E-state index contributed by atoms with van der Waals surface area (Å²) in [6.07, 6.45) is 0. The molecule has 40 heavy (non-hydrogen) atoms. The zero-order valence-corrected chi connectivity index (χ0v) is 21.5. The quantitative estimate of drug-likeness (QED) is 0.235. The molecule has 3 nitrogen and oxygen atoms in total. The third-order valence-corrected chi connectivity index (χ3v) is 7.53. The van der Waals surface area contributed by atoms with Crippen LogP contribution in [0, 0.1) is 0 Å². The van der Waals surface area contributed by atoms with Gasteiger partial charge >= 0.3 is 0 Å². The van der Waals surface area contributed by atoms with E-state index in [4.69, 9.17) is 8.83 Å². The highest BCUT2D eigenvalue weighted by molar-refractivity contribution is 6.16. The summed E-state index contributed by atoms with van der Waals surface area (Å²) < 4.78 is 12.6. The van der Waals surface area contributed by atoms with Crippen molar-refractivity contribution in [3.63, 3.8) is 0 Å². The molecule has 3 heteroatoms. The molecule has 2 aromatic heterocycles. The van der Waals surface area contributed by atoms with Gasteiger partial charge in [-0.05, 0) is 70.3 Å². The number of hydrogen-bond donors (Lipinski definition) is 0. The predicted molar refractivity (Wildman–Crippen MR) is 163 cm³/mol. The molecule has 0 aliphatic heterocycles. The van der Waals surface area contributed by atoms with Gasteiger partial charge in [-0.1, -0.05) is 97.1 Å². The molecule has 0 radical (unpaired) electrons. The van der Waals surface area contributed by atoms with Crippen LogP contribution in [0.15, 0.2) is 148 Å². The Morgan fingerprint density at radius 3 is 1.85 bits per heavy atom. The first-order chi connectivity index (χ1) is 19.8. The number of para-hydroxylation sites is 2. The Hall–Kier alpha value is -5.41. The molecule has 0 saturated heterocycles. The summed E-state index contributed by atoms with van der Waals surface area (Å²) in [6, 6.07) is 48.1. The van der Waals surface area contributed by atoms with Gasteiger partial charge in [0.2, 0.25) is 5.89 Å². The number of benzene rings is 6. The van der Waals surface area contributed by atoms with Crippen molar-refractivity contribution in [2.24, 2.45) is 0 Å². The molecule has 0 aliphatic rings. The van der Waals surface area contributed by atoms with E-state index in [1.165, 1.54) is 5.56 Å².